The Labute approximate surface area is 138 Å². The number of halogens is 2. The molecule has 1 aliphatic heterocycles. The summed E-state index contributed by atoms with van der Waals surface area (Å²) in [5.74, 6) is 0.0909. The molecule has 2 aromatic carbocycles. The molecule has 1 amide bonds. The number of nitrogens with zero attached hydrogens (tertiary/aromatic N) is 1. The van der Waals surface area contributed by atoms with Gasteiger partial charge in [0.2, 0.25) is 0 Å². The van der Waals surface area contributed by atoms with Crippen LogP contribution in [-0.2, 0) is 11.2 Å². The van der Waals surface area contributed by atoms with E-state index < -0.39 is 0 Å². The van der Waals surface area contributed by atoms with E-state index in [-0.39, 0.29) is 11.7 Å². The topological polar surface area (TPSA) is 41.5 Å². The molecule has 2 aromatic rings. The zero-order valence-electron chi connectivity index (χ0n) is 12.2. The highest BCUT2D eigenvalue weighted by Crippen LogP contribution is 2.17. The van der Waals surface area contributed by atoms with Crippen molar-refractivity contribution >= 4 is 29.4 Å². The van der Waals surface area contributed by atoms with Crippen molar-refractivity contribution in [1.82, 2.24) is 5.32 Å². The second-order valence-electron chi connectivity index (χ2n) is 5.23. The Hall–Kier alpha value is -2.46. The molecule has 116 valence electrons. The zero-order chi connectivity index (χ0) is 16.2. The molecule has 1 aliphatic rings. The fourth-order valence-electron chi connectivity index (χ4n) is 2.34. The molecule has 1 heterocycles. The molecule has 0 saturated carbocycles. The summed E-state index contributed by atoms with van der Waals surface area (Å²) < 4.78 is 13.1. The van der Waals surface area contributed by atoms with Crippen LogP contribution in [0.5, 0.6) is 0 Å². The summed E-state index contributed by atoms with van der Waals surface area (Å²) in [6.45, 7) is 0. The Kier molecular flexibility index (Phi) is 4.53. The number of carbonyl (C=O) groups is 1. The van der Waals surface area contributed by atoms with E-state index in [2.05, 4.69) is 10.3 Å². The number of amides is 1. The summed E-state index contributed by atoms with van der Waals surface area (Å²) in [5, 5.41) is 3.34. The Balaban J connectivity index is 1.71. The number of rotatable bonds is 4. The van der Waals surface area contributed by atoms with Gasteiger partial charge in [-0.3, -0.25) is 4.79 Å². The molecule has 0 aliphatic carbocycles. The highest BCUT2D eigenvalue weighted by atomic mass is 35.5. The van der Waals surface area contributed by atoms with Crippen LogP contribution in [0.4, 0.5) is 4.39 Å². The van der Waals surface area contributed by atoms with E-state index in [0.29, 0.717) is 29.4 Å². The number of hydrogen-bond acceptors (Lipinski definition) is 2. The lowest BCUT2D eigenvalue weighted by Gasteiger charge is -2.01. The van der Waals surface area contributed by atoms with Crippen molar-refractivity contribution in [2.75, 3.05) is 0 Å². The summed E-state index contributed by atoms with van der Waals surface area (Å²) in [6.07, 6.45) is 2.85. The Morgan fingerprint density at radius 3 is 2.74 bits per heavy atom. The molecular formula is C18H14ClFN2O. The van der Waals surface area contributed by atoms with Gasteiger partial charge in [0.1, 0.15) is 17.3 Å². The molecule has 0 radical (unpaired) electrons. The van der Waals surface area contributed by atoms with Crippen molar-refractivity contribution in [2.45, 2.75) is 12.8 Å². The second-order valence-corrected chi connectivity index (χ2v) is 5.66. The van der Waals surface area contributed by atoms with Crippen molar-refractivity contribution in [3.8, 4) is 0 Å². The van der Waals surface area contributed by atoms with Crippen molar-refractivity contribution in [3.05, 3.63) is 76.2 Å². The standard InChI is InChI=1S/C18H14ClFN2O/c19-14-5-1-4-13(9-14)11-16-18(23)22-17(21-16)8-7-12-3-2-6-15(20)10-12/h1-6,9-11H,7-8H2,(H,21,22,23)/b16-11+. The highest BCUT2D eigenvalue weighted by Gasteiger charge is 2.19. The Morgan fingerprint density at radius 2 is 1.96 bits per heavy atom. The predicted octanol–water partition coefficient (Wildman–Crippen LogP) is 3.98. The normalized spacial score (nSPS) is 15.7. The van der Waals surface area contributed by atoms with Crippen LogP contribution in [0.3, 0.4) is 0 Å². The third-order valence-electron chi connectivity index (χ3n) is 3.44. The first-order chi connectivity index (χ1) is 11.1. The second kappa shape index (κ2) is 6.75. The lowest BCUT2D eigenvalue weighted by Crippen LogP contribution is -2.24. The lowest BCUT2D eigenvalue weighted by atomic mass is 10.1. The van der Waals surface area contributed by atoms with Crippen molar-refractivity contribution in [3.63, 3.8) is 0 Å². The van der Waals surface area contributed by atoms with Gasteiger partial charge >= 0.3 is 0 Å². The van der Waals surface area contributed by atoms with Crippen LogP contribution in [0.25, 0.3) is 6.08 Å². The molecule has 0 aromatic heterocycles. The maximum absolute atomic E-state index is 13.1. The first-order valence-electron chi connectivity index (χ1n) is 7.21. The average molecular weight is 329 g/mol. The molecule has 0 bridgehead atoms. The van der Waals surface area contributed by atoms with Gasteiger partial charge in [0, 0.05) is 11.4 Å². The van der Waals surface area contributed by atoms with E-state index in [4.69, 9.17) is 11.6 Å². The number of amidine groups is 1. The molecule has 0 fully saturated rings. The number of benzene rings is 2. The molecule has 3 rings (SSSR count). The molecule has 0 saturated heterocycles. The van der Waals surface area contributed by atoms with E-state index in [9.17, 15) is 9.18 Å². The van der Waals surface area contributed by atoms with E-state index in [1.807, 2.05) is 18.2 Å². The van der Waals surface area contributed by atoms with Crippen LogP contribution in [0.2, 0.25) is 5.02 Å². The van der Waals surface area contributed by atoms with Gasteiger partial charge in [0.25, 0.3) is 5.91 Å². The number of aryl methyl sites for hydroxylation is 1. The number of hydrogen-bond donors (Lipinski definition) is 1. The molecule has 3 nitrogen and oxygen atoms in total. The van der Waals surface area contributed by atoms with Gasteiger partial charge in [-0.25, -0.2) is 9.38 Å². The molecule has 5 heteroatoms. The maximum Gasteiger partial charge on any atom is 0.275 e. The molecule has 0 atom stereocenters. The van der Waals surface area contributed by atoms with Gasteiger partial charge < -0.3 is 5.32 Å². The van der Waals surface area contributed by atoms with Gasteiger partial charge in [-0.1, -0.05) is 35.9 Å². The van der Waals surface area contributed by atoms with Crippen LogP contribution in [0.1, 0.15) is 17.5 Å². The van der Waals surface area contributed by atoms with Crippen molar-refractivity contribution in [2.24, 2.45) is 4.99 Å². The molecular weight excluding hydrogens is 315 g/mol. The fraction of sp³-hybridized carbons (Fsp3) is 0.111. The Bertz CT molecular complexity index is 814. The number of carbonyl (C=O) groups excluding carboxylic acids is 1. The van der Waals surface area contributed by atoms with Crippen molar-refractivity contribution in [1.29, 1.82) is 0 Å². The van der Waals surface area contributed by atoms with E-state index in [1.54, 1.807) is 24.3 Å². The first-order valence-corrected chi connectivity index (χ1v) is 7.58. The van der Waals surface area contributed by atoms with Crippen LogP contribution in [0, 0.1) is 5.82 Å². The van der Waals surface area contributed by atoms with Crippen molar-refractivity contribution < 1.29 is 9.18 Å². The number of nitrogens with one attached hydrogen (secondary N) is 1. The lowest BCUT2D eigenvalue weighted by molar-refractivity contribution is -0.115. The molecule has 1 N–H and O–H groups in total. The Morgan fingerprint density at radius 1 is 1.13 bits per heavy atom. The maximum atomic E-state index is 13.1. The van der Waals surface area contributed by atoms with Crippen LogP contribution in [-0.4, -0.2) is 11.7 Å². The van der Waals surface area contributed by atoms with E-state index in [0.717, 1.165) is 11.1 Å². The molecule has 0 spiro atoms. The van der Waals surface area contributed by atoms with Gasteiger partial charge in [-0.05, 0) is 47.9 Å². The summed E-state index contributed by atoms with van der Waals surface area (Å²) in [7, 11) is 0. The molecule has 23 heavy (non-hydrogen) atoms. The number of aliphatic imine (C=N–C) groups is 1. The van der Waals surface area contributed by atoms with Gasteiger partial charge in [0.15, 0.2) is 0 Å². The predicted molar refractivity (Wildman–Crippen MR) is 89.7 cm³/mol. The van der Waals surface area contributed by atoms with E-state index in [1.165, 1.54) is 12.1 Å². The van der Waals surface area contributed by atoms with Crippen LogP contribution >= 0.6 is 11.6 Å². The monoisotopic (exact) mass is 328 g/mol. The smallest absolute Gasteiger partial charge is 0.275 e. The minimum atomic E-state index is -0.263. The quantitative estimate of drug-likeness (QED) is 0.847. The minimum absolute atomic E-state index is 0.237. The average Bonchev–Trinajstić information content (AvgIpc) is 2.86. The highest BCUT2D eigenvalue weighted by molar-refractivity contribution is 6.30. The third kappa shape index (κ3) is 4.05. The first kappa shape index (κ1) is 15.4. The molecule has 0 unspecified atom stereocenters. The summed E-state index contributed by atoms with van der Waals surface area (Å²) in [5.41, 5.74) is 2.04. The summed E-state index contributed by atoms with van der Waals surface area (Å²) in [4.78, 5) is 16.3. The van der Waals surface area contributed by atoms with Gasteiger partial charge in [-0.15, -0.1) is 0 Å². The summed E-state index contributed by atoms with van der Waals surface area (Å²) >= 11 is 5.93. The SMILES string of the molecule is O=C1NC(CCc2cccc(F)c2)=N/C1=C/c1cccc(Cl)c1. The van der Waals surface area contributed by atoms with E-state index >= 15 is 0 Å². The largest absolute Gasteiger partial charge is 0.309 e. The zero-order valence-corrected chi connectivity index (χ0v) is 13.0. The summed E-state index contributed by atoms with van der Waals surface area (Å²) in [6, 6.07) is 13.6. The van der Waals surface area contributed by atoms with Crippen LogP contribution < -0.4 is 5.32 Å². The van der Waals surface area contributed by atoms with Gasteiger partial charge in [-0.2, -0.15) is 0 Å². The van der Waals surface area contributed by atoms with Crippen LogP contribution in [0.15, 0.2) is 59.2 Å². The third-order valence-corrected chi connectivity index (χ3v) is 3.67. The minimum Gasteiger partial charge on any atom is -0.309 e. The van der Waals surface area contributed by atoms with Gasteiger partial charge in [0.05, 0.1) is 0 Å². The fourth-order valence-corrected chi connectivity index (χ4v) is 2.54.